The number of carboxylic acids is 1. The molecule has 17 heavy (non-hydrogen) atoms. The predicted molar refractivity (Wildman–Crippen MR) is 62.7 cm³/mol. The van der Waals surface area contributed by atoms with Gasteiger partial charge in [0.15, 0.2) is 0 Å². The van der Waals surface area contributed by atoms with E-state index in [-0.39, 0.29) is 12.5 Å². The van der Waals surface area contributed by atoms with Crippen LogP contribution >= 0.6 is 0 Å². The van der Waals surface area contributed by atoms with E-state index in [1.165, 1.54) is 12.8 Å². The van der Waals surface area contributed by atoms with Crippen molar-refractivity contribution in [2.75, 3.05) is 19.6 Å². The Bertz CT molecular complexity index is 302. The third-order valence-corrected chi connectivity index (χ3v) is 3.58. The molecule has 0 aromatic carbocycles. The van der Waals surface area contributed by atoms with Gasteiger partial charge >= 0.3 is 12.0 Å². The number of carbonyl (C=O) groups excluding carboxylic acids is 1. The van der Waals surface area contributed by atoms with Gasteiger partial charge in [-0.15, -0.1) is 0 Å². The van der Waals surface area contributed by atoms with Gasteiger partial charge in [-0.3, -0.25) is 4.79 Å². The lowest BCUT2D eigenvalue weighted by molar-refractivity contribution is -0.137. The molecule has 2 amide bonds. The number of carboxylic acid groups (broad SMARTS) is 1. The van der Waals surface area contributed by atoms with Crippen LogP contribution in [0.4, 0.5) is 4.79 Å². The minimum absolute atomic E-state index is 0.0229. The number of carbonyl (C=O) groups is 2. The monoisotopic (exact) mass is 240 g/mol. The van der Waals surface area contributed by atoms with E-state index in [0.29, 0.717) is 24.8 Å². The van der Waals surface area contributed by atoms with Gasteiger partial charge in [-0.25, -0.2) is 4.79 Å². The van der Waals surface area contributed by atoms with E-state index in [2.05, 4.69) is 5.32 Å². The molecule has 5 heteroatoms. The Morgan fingerprint density at radius 2 is 2.00 bits per heavy atom. The van der Waals surface area contributed by atoms with E-state index in [1.54, 1.807) is 0 Å². The highest BCUT2D eigenvalue weighted by molar-refractivity contribution is 5.74. The molecule has 1 aliphatic carbocycles. The molecule has 0 radical (unpaired) electrons. The van der Waals surface area contributed by atoms with E-state index in [4.69, 9.17) is 5.11 Å². The van der Waals surface area contributed by atoms with Crippen LogP contribution in [0.5, 0.6) is 0 Å². The zero-order chi connectivity index (χ0) is 12.3. The Morgan fingerprint density at radius 3 is 2.65 bits per heavy atom. The normalized spacial score (nSPS) is 23.8. The molecule has 2 N–H and O–H groups in total. The molecule has 2 fully saturated rings. The van der Waals surface area contributed by atoms with E-state index in [1.807, 2.05) is 4.90 Å². The van der Waals surface area contributed by atoms with E-state index < -0.39 is 5.97 Å². The fraction of sp³-hybridized carbons (Fsp3) is 0.833. The van der Waals surface area contributed by atoms with E-state index in [9.17, 15) is 9.59 Å². The van der Waals surface area contributed by atoms with Crippen molar-refractivity contribution in [3.63, 3.8) is 0 Å². The number of amides is 2. The summed E-state index contributed by atoms with van der Waals surface area (Å²) in [5, 5.41) is 11.6. The van der Waals surface area contributed by atoms with Gasteiger partial charge in [-0.05, 0) is 37.5 Å². The van der Waals surface area contributed by atoms with Crippen LogP contribution in [-0.4, -0.2) is 41.6 Å². The van der Waals surface area contributed by atoms with Crippen LogP contribution in [0.1, 0.15) is 32.1 Å². The zero-order valence-corrected chi connectivity index (χ0v) is 10.0. The molecular weight excluding hydrogens is 220 g/mol. The van der Waals surface area contributed by atoms with Crippen molar-refractivity contribution in [2.45, 2.75) is 32.1 Å². The average molecular weight is 240 g/mol. The molecule has 2 rings (SSSR count). The van der Waals surface area contributed by atoms with Crippen molar-refractivity contribution in [1.29, 1.82) is 0 Å². The van der Waals surface area contributed by atoms with Crippen molar-refractivity contribution in [3.8, 4) is 0 Å². The molecule has 0 spiro atoms. The molecule has 1 saturated carbocycles. The summed E-state index contributed by atoms with van der Waals surface area (Å²) < 4.78 is 0. The van der Waals surface area contributed by atoms with Gasteiger partial charge in [-0.2, -0.15) is 0 Å². The van der Waals surface area contributed by atoms with E-state index in [0.717, 1.165) is 19.5 Å². The number of nitrogens with zero attached hydrogens (tertiary/aromatic N) is 1. The van der Waals surface area contributed by atoms with Crippen molar-refractivity contribution < 1.29 is 14.7 Å². The molecule has 2 aliphatic rings. The highest BCUT2D eigenvalue weighted by Crippen LogP contribution is 2.28. The maximum absolute atomic E-state index is 11.8. The first-order valence-corrected chi connectivity index (χ1v) is 6.39. The highest BCUT2D eigenvalue weighted by atomic mass is 16.4. The van der Waals surface area contributed by atoms with Gasteiger partial charge in [-0.1, -0.05) is 0 Å². The minimum Gasteiger partial charge on any atom is -0.481 e. The molecule has 1 heterocycles. The average Bonchev–Trinajstić information content (AvgIpc) is 3.00. The molecule has 1 unspecified atom stereocenters. The Balaban J connectivity index is 1.65. The third kappa shape index (κ3) is 3.91. The van der Waals surface area contributed by atoms with Gasteiger partial charge in [0.1, 0.15) is 0 Å². The number of aliphatic carboxylic acids is 1. The summed E-state index contributed by atoms with van der Waals surface area (Å²) in [5.41, 5.74) is 0. The molecule has 5 nitrogen and oxygen atoms in total. The van der Waals surface area contributed by atoms with Crippen LogP contribution in [-0.2, 0) is 4.79 Å². The fourth-order valence-electron chi connectivity index (χ4n) is 2.25. The van der Waals surface area contributed by atoms with Crippen LogP contribution in [0.25, 0.3) is 0 Å². The Kier molecular flexibility index (Phi) is 3.86. The summed E-state index contributed by atoms with van der Waals surface area (Å²) in [6.45, 7) is 2.28. The molecular formula is C12H20N2O3. The predicted octanol–water partition coefficient (Wildman–Crippen LogP) is 1.29. The van der Waals surface area contributed by atoms with Crippen molar-refractivity contribution >= 4 is 12.0 Å². The maximum atomic E-state index is 11.8. The van der Waals surface area contributed by atoms with Gasteiger partial charge < -0.3 is 15.3 Å². The number of hydrogen-bond donors (Lipinski definition) is 2. The number of hydrogen-bond acceptors (Lipinski definition) is 2. The first-order valence-electron chi connectivity index (χ1n) is 6.39. The first kappa shape index (κ1) is 12.2. The topological polar surface area (TPSA) is 69.6 Å². The second-order valence-electron chi connectivity index (χ2n) is 5.16. The number of urea groups is 1. The van der Waals surface area contributed by atoms with Crippen molar-refractivity contribution in [3.05, 3.63) is 0 Å². The van der Waals surface area contributed by atoms with Crippen molar-refractivity contribution in [1.82, 2.24) is 10.2 Å². The second-order valence-corrected chi connectivity index (χ2v) is 5.16. The lowest BCUT2D eigenvalue weighted by Gasteiger charge is -2.17. The fourth-order valence-corrected chi connectivity index (χ4v) is 2.25. The van der Waals surface area contributed by atoms with Gasteiger partial charge in [0, 0.05) is 26.1 Å². The largest absolute Gasteiger partial charge is 0.481 e. The number of likely N-dealkylation sites (tertiary alicyclic amines) is 1. The number of rotatable bonds is 5. The summed E-state index contributed by atoms with van der Waals surface area (Å²) in [5.74, 6) is 0.309. The minimum atomic E-state index is -0.748. The third-order valence-electron chi connectivity index (χ3n) is 3.58. The van der Waals surface area contributed by atoms with Crippen LogP contribution in [0.2, 0.25) is 0 Å². The van der Waals surface area contributed by atoms with Crippen LogP contribution in [0.15, 0.2) is 0 Å². The summed E-state index contributed by atoms with van der Waals surface area (Å²) >= 11 is 0. The molecule has 0 bridgehead atoms. The smallest absolute Gasteiger partial charge is 0.317 e. The lowest BCUT2D eigenvalue weighted by Crippen LogP contribution is -2.39. The Hall–Kier alpha value is -1.26. The molecule has 0 aromatic heterocycles. The molecule has 1 atom stereocenters. The highest BCUT2D eigenvalue weighted by Gasteiger charge is 2.28. The zero-order valence-electron chi connectivity index (χ0n) is 10.0. The quantitative estimate of drug-likeness (QED) is 0.760. The SMILES string of the molecule is O=C(O)CCC1CCN(C(=O)NCC2CC2)C1. The first-order chi connectivity index (χ1) is 8.15. The van der Waals surface area contributed by atoms with Gasteiger partial charge in [0.2, 0.25) is 0 Å². The van der Waals surface area contributed by atoms with Gasteiger partial charge in [0.05, 0.1) is 0 Å². The summed E-state index contributed by atoms with van der Waals surface area (Å²) in [4.78, 5) is 24.0. The summed E-state index contributed by atoms with van der Waals surface area (Å²) in [6.07, 6.45) is 4.30. The van der Waals surface area contributed by atoms with Crippen LogP contribution < -0.4 is 5.32 Å². The lowest BCUT2D eigenvalue weighted by atomic mass is 10.0. The van der Waals surface area contributed by atoms with Crippen LogP contribution in [0, 0.1) is 11.8 Å². The standard InChI is InChI=1S/C12H20N2O3/c15-11(16)4-3-10-5-6-14(8-10)12(17)13-7-9-1-2-9/h9-10H,1-8H2,(H,13,17)(H,15,16). The van der Waals surface area contributed by atoms with Gasteiger partial charge in [0.25, 0.3) is 0 Å². The molecule has 96 valence electrons. The summed E-state index contributed by atoms with van der Waals surface area (Å²) in [7, 11) is 0. The molecule has 1 saturated heterocycles. The number of nitrogens with one attached hydrogen (secondary N) is 1. The maximum Gasteiger partial charge on any atom is 0.317 e. The molecule has 0 aromatic rings. The van der Waals surface area contributed by atoms with E-state index >= 15 is 0 Å². The Morgan fingerprint density at radius 1 is 1.24 bits per heavy atom. The second kappa shape index (κ2) is 5.38. The van der Waals surface area contributed by atoms with Crippen LogP contribution in [0.3, 0.4) is 0 Å². The Labute approximate surface area is 101 Å². The van der Waals surface area contributed by atoms with Crippen molar-refractivity contribution in [2.24, 2.45) is 11.8 Å². The summed E-state index contributed by atoms with van der Waals surface area (Å²) in [6, 6.07) is 0.0229. The molecule has 1 aliphatic heterocycles.